The Labute approximate surface area is 203 Å². The lowest BCUT2D eigenvalue weighted by Gasteiger charge is -2.12. The molecule has 0 aliphatic heterocycles. The zero-order valence-corrected chi connectivity index (χ0v) is 19.6. The van der Waals surface area contributed by atoms with Crippen LogP contribution in [-0.4, -0.2) is 32.5 Å². The van der Waals surface area contributed by atoms with Gasteiger partial charge in [-0.15, -0.1) is 0 Å². The lowest BCUT2D eigenvalue weighted by Crippen LogP contribution is -2.35. The highest BCUT2D eigenvalue weighted by Crippen LogP contribution is 2.23. The van der Waals surface area contributed by atoms with Crippen LogP contribution in [0.25, 0.3) is 17.0 Å². The van der Waals surface area contributed by atoms with E-state index in [1.165, 1.54) is 0 Å². The standard InChI is InChI=1S/C26H26ClN5O2/c1-2-32-17-19(20-8-4-6-11-24(20)32)16-23(30-25(33)21-9-3-5-10-22(21)27)26(34)29-12-7-14-31-15-13-28-18-31/h3-6,8-11,13,15-18H,2,7,12,14H2,1H3,(H,29,34)(H,30,33)/b23-16-. The van der Waals surface area contributed by atoms with Crippen LogP contribution in [0.2, 0.25) is 5.02 Å². The van der Waals surface area contributed by atoms with Gasteiger partial charge >= 0.3 is 0 Å². The number of benzene rings is 2. The number of nitrogens with one attached hydrogen (secondary N) is 2. The molecule has 2 heterocycles. The highest BCUT2D eigenvalue weighted by Gasteiger charge is 2.17. The molecule has 0 aliphatic carbocycles. The van der Waals surface area contributed by atoms with Crippen molar-refractivity contribution in [2.45, 2.75) is 26.4 Å². The number of imidazole rings is 1. The first-order chi connectivity index (χ1) is 16.6. The second-order valence-electron chi connectivity index (χ2n) is 7.79. The minimum atomic E-state index is -0.440. The van der Waals surface area contributed by atoms with Crippen molar-refractivity contribution in [2.75, 3.05) is 6.54 Å². The fourth-order valence-electron chi connectivity index (χ4n) is 3.78. The summed E-state index contributed by atoms with van der Waals surface area (Å²) >= 11 is 6.20. The van der Waals surface area contributed by atoms with Crippen LogP contribution in [0.1, 0.15) is 29.3 Å². The molecule has 2 aromatic carbocycles. The smallest absolute Gasteiger partial charge is 0.267 e. The molecule has 0 fully saturated rings. The van der Waals surface area contributed by atoms with Gasteiger partial charge < -0.3 is 19.8 Å². The SMILES string of the molecule is CCn1cc(/C=C(\NC(=O)c2ccccc2Cl)C(=O)NCCCn2ccnc2)c2ccccc21. The average molecular weight is 476 g/mol. The van der Waals surface area contributed by atoms with Crippen molar-refractivity contribution in [1.29, 1.82) is 0 Å². The van der Waals surface area contributed by atoms with E-state index in [9.17, 15) is 9.59 Å². The van der Waals surface area contributed by atoms with E-state index in [1.807, 2.05) is 41.2 Å². The maximum Gasteiger partial charge on any atom is 0.267 e. The summed E-state index contributed by atoms with van der Waals surface area (Å²) in [5.74, 6) is -0.802. The number of fused-ring (bicyclic) bond motifs is 1. The predicted octanol–water partition coefficient (Wildman–Crippen LogP) is 4.49. The van der Waals surface area contributed by atoms with Gasteiger partial charge in [-0.05, 0) is 37.6 Å². The molecule has 7 nitrogen and oxygen atoms in total. The number of nitrogens with zero attached hydrogens (tertiary/aromatic N) is 3. The number of rotatable bonds is 9. The zero-order valence-electron chi connectivity index (χ0n) is 18.9. The molecule has 0 saturated carbocycles. The first-order valence-corrected chi connectivity index (χ1v) is 11.5. The Morgan fingerprint density at radius 3 is 2.68 bits per heavy atom. The van der Waals surface area contributed by atoms with Gasteiger partial charge in [0, 0.05) is 54.7 Å². The van der Waals surface area contributed by atoms with Crippen molar-refractivity contribution in [2.24, 2.45) is 0 Å². The highest BCUT2D eigenvalue weighted by atomic mass is 35.5. The van der Waals surface area contributed by atoms with E-state index >= 15 is 0 Å². The third kappa shape index (κ3) is 5.38. The average Bonchev–Trinajstić information content (AvgIpc) is 3.49. The second-order valence-corrected chi connectivity index (χ2v) is 8.20. The van der Waals surface area contributed by atoms with Crippen LogP contribution in [0, 0.1) is 0 Å². The topological polar surface area (TPSA) is 81.0 Å². The van der Waals surface area contributed by atoms with E-state index in [0.717, 1.165) is 36.0 Å². The molecule has 0 radical (unpaired) electrons. The molecule has 0 bridgehead atoms. The van der Waals surface area contributed by atoms with E-state index in [4.69, 9.17) is 11.6 Å². The van der Waals surface area contributed by atoms with E-state index < -0.39 is 5.91 Å². The summed E-state index contributed by atoms with van der Waals surface area (Å²) in [5.41, 5.74) is 2.37. The van der Waals surface area contributed by atoms with E-state index in [1.54, 1.807) is 42.9 Å². The van der Waals surface area contributed by atoms with Crippen molar-refractivity contribution in [1.82, 2.24) is 24.8 Å². The Hall–Kier alpha value is -3.84. The largest absolute Gasteiger partial charge is 0.351 e. The van der Waals surface area contributed by atoms with Crippen molar-refractivity contribution in [3.63, 3.8) is 0 Å². The molecule has 34 heavy (non-hydrogen) atoms. The van der Waals surface area contributed by atoms with Gasteiger partial charge in [0.15, 0.2) is 0 Å². The number of para-hydroxylation sites is 1. The van der Waals surface area contributed by atoms with Gasteiger partial charge in [-0.25, -0.2) is 4.98 Å². The minimum absolute atomic E-state index is 0.159. The monoisotopic (exact) mass is 475 g/mol. The van der Waals surface area contributed by atoms with Gasteiger partial charge in [-0.1, -0.05) is 41.9 Å². The number of carbonyl (C=O) groups is 2. The molecule has 4 aromatic rings. The van der Waals surface area contributed by atoms with E-state index in [-0.39, 0.29) is 11.6 Å². The second kappa shape index (κ2) is 10.9. The maximum atomic E-state index is 13.1. The number of hydrogen-bond acceptors (Lipinski definition) is 3. The quantitative estimate of drug-likeness (QED) is 0.276. The van der Waals surface area contributed by atoms with Crippen molar-refractivity contribution >= 4 is 40.4 Å². The van der Waals surface area contributed by atoms with E-state index in [2.05, 4.69) is 27.1 Å². The summed E-state index contributed by atoms with van der Waals surface area (Å²) in [6, 6.07) is 14.7. The normalized spacial score (nSPS) is 11.5. The number of aryl methyl sites for hydroxylation is 2. The van der Waals surface area contributed by atoms with Crippen LogP contribution in [0.15, 0.2) is 79.1 Å². The van der Waals surface area contributed by atoms with Crippen LogP contribution in [0.3, 0.4) is 0 Å². The Kier molecular flexibility index (Phi) is 7.44. The predicted molar refractivity (Wildman–Crippen MR) is 134 cm³/mol. The summed E-state index contributed by atoms with van der Waals surface area (Å²) in [6.07, 6.45) is 9.76. The summed E-state index contributed by atoms with van der Waals surface area (Å²) < 4.78 is 4.05. The Morgan fingerprint density at radius 1 is 1.12 bits per heavy atom. The molecular formula is C26H26ClN5O2. The maximum absolute atomic E-state index is 13.1. The number of aromatic nitrogens is 3. The number of hydrogen-bond donors (Lipinski definition) is 2. The van der Waals surface area contributed by atoms with E-state index in [0.29, 0.717) is 17.1 Å². The summed E-state index contributed by atoms with van der Waals surface area (Å²) in [4.78, 5) is 30.1. The molecule has 2 amide bonds. The minimum Gasteiger partial charge on any atom is -0.351 e. The van der Waals surface area contributed by atoms with Gasteiger partial charge in [0.2, 0.25) is 0 Å². The van der Waals surface area contributed by atoms with Crippen LogP contribution < -0.4 is 10.6 Å². The Bertz CT molecular complexity index is 1320. The number of carbonyl (C=O) groups excluding carboxylic acids is 2. The third-order valence-corrected chi connectivity index (χ3v) is 5.84. The van der Waals surface area contributed by atoms with Crippen molar-refractivity contribution in [3.8, 4) is 0 Å². The summed E-state index contributed by atoms with van der Waals surface area (Å²) in [6.45, 7) is 4.03. The van der Waals surface area contributed by atoms with Gasteiger partial charge in [0.1, 0.15) is 5.70 Å². The van der Waals surface area contributed by atoms with Crippen molar-refractivity contribution in [3.05, 3.63) is 95.3 Å². The van der Waals surface area contributed by atoms with Gasteiger partial charge in [-0.3, -0.25) is 9.59 Å². The molecule has 4 rings (SSSR count). The summed E-state index contributed by atoms with van der Waals surface area (Å²) in [5, 5.41) is 7.00. The van der Waals surface area contributed by atoms with Gasteiger partial charge in [0.25, 0.3) is 11.8 Å². The molecule has 8 heteroatoms. The number of amides is 2. The van der Waals surface area contributed by atoms with Gasteiger partial charge in [-0.2, -0.15) is 0 Å². The third-order valence-electron chi connectivity index (χ3n) is 5.51. The molecule has 0 atom stereocenters. The molecule has 0 unspecified atom stereocenters. The first-order valence-electron chi connectivity index (χ1n) is 11.2. The molecule has 0 aliphatic rings. The fourth-order valence-corrected chi connectivity index (χ4v) is 4.00. The molecule has 0 saturated heterocycles. The molecule has 174 valence electrons. The highest BCUT2D eigenvalue weighted by molar-refractivity contribution is 6.34. The fraction of sp³-hybridized carbons (Fsp3) is 0.192. The van der Waals surface area contributed by atoms with Crippen LogP contribution in [0.5, 0.6) is 0 Å². The molecular weight excluding hydrogens is 450 g/mol. The Morgan fingerprint density at radius 2 is 1.91 bits per heavy atom. The van der Waals surface area contributed by atoms with Crippen molar-refractivity contribution < 1.29 is 9.59 Å². The summed E-state index contributed by atoms with van der Waals surface area (Å²) in [7, 11) is 0. The lowest BCUT2D eigenvalue weighted by atomic mass is 10.1. The first kappa shape index (κ1) is 23.3. The lowest BCUT2D eigenvalue weighted by molar-refractivity contribution is -0.117. The molecule has 2 N–H and O–H groups in total. The van der Waals surface area contributed by atoms with Crippen LogP contribution in [0.4, 0.5) is 0 Å². The van der Waals surface area contributed by atoms with Gasteiger partial charge in [0.05, 0.1) is 16.9 Å². The zero-order chi connectivity index (χ0) is 23.9. The molecule has 2 aromatic heterocycles. The van der Waals surface area contributed by atoms with Crippen LogP contribution >= 0.6 is 11.6 Å². The Balaban J connectivity index is 1.59. The number of halogens is 1. The van der Waals surface area contributed by atoms with Crippen LogP contribution in [-0.2, 0) is 17.9 Å². The molecule has 0 spiro atoms.